The first kappa shape index (κ1) is 13.8. The summed E-state index contributed by atoms with van der Waals surface area (Å²) in [4.78, 5) is 12.3. The number of nitrogens with two attached hydrogens (primary N) is 1. The number of ketones is 1. The van der Waals surface area contributed by atoms with Gasteiger partial charge >= 0.3 is 0 Å². The SMILES string of the molecule is CCn1nc(C)cc1CC(=O)c1cc(N)ccc1Br. The Labute approximate surface area is 120 Å². The van der Waals surface area contributed by atoms with Crippen LogP contribution in [0.1, 0.15) is 28.7 Å². The number of anilines is 1. The van der Waals surface area contributed by atoms with Crippen LogP contribution in [-0.2, 0) is 13.0 Å². The lowest BCUT2D eigenvalue weighted by Crippen LogP contribution is -2.10. The normalized spacial score (nSPS) is 10.7. The van der Waals surface area contributed by atoms with E-state index < -0.39 is 0 Å². The van der Waals surface area contributed by atoms with E-state index in [-0.39, 0.29) is 5.78 Å². The molecular formula is C14H16BrN3O. The minimum atomic E-state index is 0.0359. The molecule has 19 heavy (non-hydrogen) atoms. The summed E-state index contributed by atoms with van der Waals surface area (Å²) in [6, 6.07) is 7.21. The average molecular weight is 322 g/mol. The van der Waals surface area contributed by atoms with Crippen molar-refractivity contribution >= 4 is 27.4 Å². The molecule has 1 aromatic heterocycles. The first-order chi connectivity index (χ1) is 9.01. The lowest BCUT2D eigenvalue weighted by Gasteiger charge is -2.06. The van der Waals surface area contributed by atoms with E-state index in [0.717, 1.165) is 22.4 Å². The minimum Gasteiger partial charge on any atom is -0.399 e. The molecule has 0 saturated carbocycles. The molecule has 0 aliphatic carbocycles. The van der Waals surface area contributed by atoms with Crippen molar-refractivity contribution in [3.05, 3.63) is 45.7 Å². The maximum atomic E-state index is 12.3. The Morgan fingerprint density at radius 3 is 2.84 bits per heavy atom. The first-order valence-electron chi connectivity index (χ1n) is 6.12. The van der Waals surface area contributed by atoms with Gasteiger partial charge in [0.05, 0.1) is 12.1 Å². The molecule has 0 bridgehead atoms. The van der Waals surface area contributed by atoms with E-state index in [9.17, 15) is 4.79 Å². The molecule has 0 saturated heterocycles. The summed E-state index contributed by atoms with van der Waals surface area (Å²) in [6.45, 7) is 4.70. The fourth-order valence-corrected chi connectivity index (χ4v) is 2.50. The Kier molecular flexibility index (Phi) is 4.04. The number of nitrogen functional groups attached to an aromatic ring is 1. The molecule has 2 N–H and O–H groups in total. The number of aryl methyl sites for hydroxylation is 2. The van der Waals surface area contributed by atoms with Crippen molar-refractivity contribution in [2.45, 2.75) is 26.8 Å². The number of Topliss-reactive ketones (excluding diaryl/α,β-unsaturated/α-hetero) is 1. The Balaban J connectivity index is 2.27. The van der Waals surface area contributed by atoms with Crippen LogP contribution in [0, 0.1) is 6.92 Å². The van der Waals surface area contributed by atoms with Crippen LogP contribution in [0.15, 0.2) is 28.7 Å². The van der Waals surface area contributed by atoms with Gasteiger partial charge < -0.3 is 5.73 Å². The zero-order chi connectivity index (χ0) is 14.0. The number of carbonyl (C=O) groups excluding carboxylic acids is 1. The van der Waals surface area contributed by atoms with Crippen molar-refractivity contribution in [3.8, 4) is 0 Å². The smallest absolute Gasteiger partial charge is 0.170 e. The van der Waals surface area contributed by atoms with Gasteiger partial charge in [0, 0.05) is 28.0 Å². The van der Waals surface area contributed by atoms with Gasteiger partial charge in [0.15, 0.2) is 5.78 Å². The highest BCUT2D eigenvalue weighted by Crippen LogP contribution is 2.21. The van der Waals surface area contributed by atoms with E-state index >= 15 is 0 Å². The topological polar surface area (TPSA) is 60.9 Å². The van der Waals surface area contributed by atoms with Gasteiger partial charge in [0.25, 0.3) is 0 Å². The highest BCUT2D eigenvalue weighted by molar-refractivity contribution is 9.10. The number of hydrogen-bond acceptors (Lipinski definition) is 3. The summed E-state index contributed by atoms with van der Waals surface area (Å²) in [5, 5.41) is 4.34. The standard InChI is InChI=1S/C14H16BrN3O/c1-3-18-11(6-9(2)17-18)8-14(19)12-7-10(16)4-5-13(12)15/h4-7H,3,8,16H2,1-2H3. The Bertz CT molecular complexity index is 619. The van der Waals surface area contributed by atoms with Crippen LogP contribution in [0.25, 0.3) is 0 Å². The lowest BCUT2D eigenvalue weighted by atomic mass is 10.1. The Morgan fingerprint density at radius 1 is 1.42 bits per heavy atom. The molecule has 0 spiro atoms. The predicted molar refractivity (Wildman–Crippen MR) is 79.2 cm³/mol. The summed E-state index contributed by atoms with van der Waals surface area (Å²) >= 11 is 3.39. The third-order valence-electron chi connectivity index (χ3n) is 2.92. The van der Waals surface area contributed by atoms with Crippen LogP contribution in [0.4, 0.5) is 5.69 Å². The largest absolute Gasteiger partial charge is 0.399 e. The highest BCUT2D eigenvalue weighted by Gasteiger charge is 2.14. The van der Waals surface area contributed by atoms with Crippen molar-refractivity contribution in [1.29, 1.82) is 0 Å². The van der Waals surface area contributed by atoms with Crippen LogP contribution < -0.4 is 5.73 Å². The van der Waals surface area contributed by atoms with Crippen molar-refractivity contribution in [2.24, 2.45) is 0 Å². The van der Waals surface area contributed by atoms with Crippen molar-refractivity contribution in [3.63, 3.8) is 0 Å². The molecule has 4 nitrogen and oxygen atoms in total. The second kappa shape index (κ2) is 5.57. The number of aromatic nitrogens is 2. The number of carbonyl (C=O) groups is 1. The van der Waals surface area contributed by atoms with Gasteiger partial charge in [-0.15, -0.1) is 0 Å². The molecule has 1 heterocycles. The number of nitrogens with zero attached hydrogens (tertiary/aromatic N) is 2. The monoisotopic (exact) mass is 321 g/mol. The zero-order valence-electron chi connectivity index (χ0n) is 11.0. The van der Waals surface area contributed by atoms with E-state index in [1.54, 1.807) is 18.2 Å². The molecule has 0 radical (unpaired) electrons. The predicted octanol–water partition coefficient (Wildman–Crippen LogP) is 2.98. The highest BCUT2D eigenvalue weighted by atomic mass is 79.9. The quantitative estimate of drug-likeness (QED) is 0.695. The molecule has 0 atom stereocenters. The van der Waals surface area contributed by atoms with E-state index in [0.29, 0.717) is 17.7 Å². The lowest BCUT2D eigenvalue weighted by molar-refractivity contribution is 0.0990. The molecule has 2 aromatic rings. The molecule has 1 aromatic carbocycles. The molecule has 0 fully saturated rings. The van der Waals surface area contributed by atoms with Crippen LogP contribution in [0.2, 0.25) is 0 Å². The zero-order valence-corrected chi connectivity index (χ0v) is 12.6. The fraction of sp³-hybridized carbons (Fsp3) is 0.286. The molecule has 0 aliphatic heterocycles. The van der Waals surface area contributed by atoms with E-state index in [2.05, 4.69) is 21.0 Å². The van der Waals surface area contributed by atoms with Crippen molar-refractivity contribution in [1.82, 2.24) is 9.78 Å². The minimum absolute atomic E-state index is 0.0359. The third kappa shape index (κ3) is 3.04. The second-order valence-electron chi connectivity index (χ2n) is 4.43. The summed E-state index contributed by atoms with van der Waals surface area (Å²) in [7, 11) is 0. The van der Waals surface area contributed by atoms with Crippen LogP contribution >= 0.6 is 15.9 Å². The number of halogens is 1. The van der Waals surface area contributed by atoms with E-state index in [4.69, 9.17) is 5.73 Å². The average Bonchev–Trinajstić information content (AvgIpc) is 2.72. The Morgan fingerprint density at radius 2 is 2.16 bits per heavy atom. The second-order valence-corrected chi connectivity index (χ2v) is 5.29. The van der Waals surface area contributed by atoms with Gasteiger partial charge in [-0.3, -0.25) is 9.48 Å². The van der Waals surface area contributed by atoms with Crippen LogP contribution in [0.3, 0.4) is 0 Å². The molecule has 100 valence electrons. The van der Waals surface area contributed by atoms with E-state index in [1.807, 2.05) is 24.6 Å². The van der Waals surface area contributed by atoms with Gasteiger partial charge in [-0.1, -0.05) is 15.9 Å². The van der Waals surface area contributed by atoms with Gasteiger partial charge in [-0.2, -0.15) is 5.10 Å². The fourth-order valence-electron chi connectivity index (χ4n) is 2.03. The molecule has 2 rings (SSSR count). The first-order valence-corrected chi connectivity index (χ1v) is 6.92. The molecule has 0 aliphatic rings. The van der Waals surface area contributed by atoms with Crippen LogP contribution in [0.5, 0.6) is 0 Å². The number of hydrogen-bond donors (Lipinski definition) is 1. The van der Waals surface area contributed by atoms with Gasteiger partial charge in [-0.25, -0.2) is 0 Å². The Hall–Kier alpha value is -1.62. The molecule has 0 unspecified atom stereocenters. The van der Waals surface area contributed by atoms with Gasteiger partial charge in [-0.05, 0) is 38.1 Å². The maximum Gasteiger partial charge on any atom is 0.170 e. The number of benzene rings is 1. The summed E-state index contributed by atoms with van der Waals surface area (Å²) in [5.41, 5.74) is 8.79. The van der Waals surface area contributed by atoms with Gasteiger partial charge in [0.2, 0.25) is 0 Å². The summed E-state index contributed by atoms with van der Waals surface area (Å²) < 4.78 is 2.62. The molecule has 0 amide bonds. The number of rotatable bonds is 4. The van der Waals surface area contributed by atoms with E-state index in [1.165, 1.54) is 0 Å². The van der Waals surface area contributed by atoms with Crippen LogP contribution in [-0.4, -0.2) is 15.6 Å². The summed E-state index contributed by atoms with van der Waals surface area (Å²) in [5.74, 6) is 0.0359. The van der Waals surface area contributed by atoms with Gasteiger partial charge in [0.1, 0.15) is 0 Å². The molecular weight excluding hydrogens is 306 g/mol. The third-order valence-corrected chi connectivity index (χ3v) is 3.61. The maximum absolute atomic E-state index is 12.3. The summed E-state index contributed by atoms with van der Waals surface area (Å²) in [6.07, 6.45) is 0.330. The van der Waals surface area contributed by atoms with Crippen molar-refractivity contribution in [2.75, 3.05) is 5.73 Å². The molecule has 5 heteroatoms. The van der Waals surface area contributed by atoms with Crippen molar-refractivity contribution < 1.29 is 4.79 Å².